The molecule has 0 radical (unpaired) electrons. The third-order valence-electron chi connectivity index (χ3n) is 1.96. The van der Waals surface area contributed by atoms with Gasteiger partial charge in [0.25, 0.3) is 0 Å². The van der Waals surface area contributed by atoms with Crippen molar-refractivity contribution in [2.75, 3.05) is 24.7 Å². The Morgan fingerprint density at radius 3 is 3.12 bits per heavy atom. The van der Waals surface area contributed by atoms with Crippen LogP contribution in [0.25, 0.3) is 0 Å². The summed E-state index contributed by atoms with van der Waals surface area (Å²) in [6.45, 7) is 0.360. The first-order chi connectivity index (χ1) is 7.69. The van der Waals surface area contributed by atoms with Crippen LogP contribution in [0.2, 0.25) is 0 Å². The average Bonchev–Trinajstić information content (AvgIpc) is 2.31. The van der Waals surface area contributed by atoms with Crippen LogP contribution in [0.5, 0.6) is 0 Å². The van der Waals surface area contributed by atoms with Crippen LogP contribution in [-0.2, 0) is 9.53 Å². The van der Waals surface area contributed by atoms with E-state index in [1.165, 1.54) is 19.4 Å². The number of carbonyl (C=O) groups excluding carboxylic acids is 1. The average molecular weight is 220 g/mol. The lowest BCUT2D eigenvalue weighted by molar-refractivity contribution is -0.140. The molecular weight excluding hydrogens is 208 g/mol. The molecule has 0 amide bonds. The van der Waals surface area contributed by atoms with Gasteiger partial charge < -0.3 is 15.8 Å². The summed E-state index contributed by atoms with van der Waals surface area (Å²) in [5.74, 6) is 0.0884. The van der Waals surface area contributed by atoms with Gasteiger partial charge in [-0.1, -0.05) is 0 Å². The summed E-state index contributed by atoms with van der Waals surface area (Å²) >= 11 is 0. The summed E-state index contributed by atoms with van der Waals surface area (Å²) in [4.78, 5) is 14.8. The molecule has 0 saturated carbocycles. The van der Waals surface area contributed by atoms with Gasteiger partial charge in [0.15, 0.2) is 5.82 Å². The maximum absolute atomic E-state index is 10.8. The first-order valence-corrected chi connectivity index (χ1v) is 4.64. The van der Waals surface area contributed by atoms with Crippen LogP contribution in [0.4, 0.5) is 11.5 Å². The van der Waals surface area contributed by atoms with E-state index in [1.54, 1.807) is 0 Å². The maximum atomic E-state index is 10.8. The molecule has 0 spiro atoms. The second-order valence-corrected chi connectivity index (χ2v) is 2.99. The quantitative estimate of drug-likeness (QED) is 0.717. The molecular formula is C10H12N4O2. The number of rotatable bonds is 4. The van der Waals surface area contributed by atoms with Crippen molar-refractivity contribution < 1.29 is 9.53 Å². The van der Waals surface area contributed by atoms with Gasteiger partial charge in [-0.05, 0) is 6.07 Å². The smallest absolute Gasteiger partial charge is 0.307 e. The summed E-state index contributed by atoms with van der Waals surface area (Å²) in [5.41, 5.74) is 6.32. The van der Waals surface area contributed by atoms with Gasteiger partial charge in [-0.25, -0.2) is 4.98 Å². The number of hydrogen-bond acceptors (Lipinski definition) is 6. The fourth-order valence-corrected chi connectivity index (χ4v) is 1.10. The fraction of sp³-hybridized carbons (Fsp3) is 0.300. The Labute approximate surface area is 93.0 Å². The molecule has 1 aromatic heterocycles. The second-order valence-electron chi connectivity index (χ2n) is 2.99. The number of esters is 1. The standard InChI is InChI=1S/C10H12N4O2/c1-16-8(15)3-5-14-10-9(12)7(6-11)2-4-13-10/h2,4H,3,5,12H2,1H3,(H,13,14). The molecule has 1 rings (SSSR count). The second kappa shape index (κ2) is 5.56. The Balaban J connectivity index is 2.61. The van der Waals surface area contributed by atoms with Crippen molar-refractivity contribution in [1.82, 2.24) is 4.98 Å². The minimum atomic E-state index is -0.317. The van der Waals surface area contributed by atoms with Crippen LogP contribution in [0.1, 0.15) is 12.0 Å². The number of anilines is 2. The van der Waals surface area contributed by atoms with E-state index in [4.69, 9.17) is 11.0 Å². The van der Waals surface area contributed by atoms with Crippen LogP contribution >= 0.6 is 0 Å². The highest BCUT2D eigenvalue weighted by Crippen LogP contribution is 2.18. The zero-order chi connectivity index (χ0) is 12.0. The molecule has 0 aromatic carbocycles. The molecule has 3 N–H and O–H groups in total. The number of nitriles is 1. The predicted molar refractivity (Wildman–Crippen MR) is 58.5 cm³/mol. The molecule has 0 aliphatic rings. The van der Waals surface area contributed by atoms with Crippen molar-refractivity contribution in [3.63, 3.8) is 0 Å². The molecule has 84 valence electrons. The van der Waals surface area contributed by atoms with Crippen LogP contribution in [-0.4, -0.2) is 24.6 Å². The predicted octanol–water partition coefficient (Wildman–Crippen LogP) is 0.510. The van der Waals surface area contributed by atoms with Crippen LogP contribution in [0, 0.1) is 11.3 Å². The molecule has 1 heterocycles. The molecule has 0 unspecified atom stereocenters. The molecule has 0 aliphatic carbocycles. The molecule has 6 heteroatoms. The van der Waals surface area contributed by atoms with Crippen molar-refractivity contribution in [1.29, 1.82) is 5.26 Å². The maximum Gasteiger partial charge on any atom is 0.307 e. The monoisotopic (exact) mass is 220 g/mol. The van der Waals surface area contributed by atoms with Crippen molar-refractivity contribution >= 4 is 17.5 Å². The number of carbonyl (C=O) groups is 1. The zero-order valence-electron chi connectivity index (χ0n) is 8.86. The molecule has 0 aliphatic heterocycles. The Morgan fingerprint density at radius 2 is 2.50 bits per heavy atom. The number of nitrogens with one attached hydrogen (secondary N) is 1. The first kappa shape index (κ1) is 11.8. The van der Waals surface area contributed by atoms with Crippen LogP contribution < -0.4 is 11.1 Å². The van der Waals surface area contributed by atoms with Gasteiger partial charge in [0.05, 0.1) is 24.8 Å². The summed E-state index contributed by atoms with van der Waals surface area (Å²) in [7, 11) is 1.32. The van der Waals surface area contributed by atoms with Gasteiger partial charge in [-0.2, -0.15) is 5.26 Å². The van der Waals surface area contributed by atoms with Gasteiger partial charge >= 0.3 is 5.97 Å². The van der Waals surface area contributed by atoms with E-state index in [2.05, 4.69) is 15.0 Å². The van der Waals surface area contributed by atoms with Crippen molar-refractivity contribution in [2.45, 2.75) is 6.42 Å². The Kier molecular flexibility index (Phi) is 4.09. The van der Waals surface area contributed by atoms with Crippen LogP contribution in [0.15, 0.2) is 12.3 Å². The molecule has 1 aromatic rings. The number of ether oxygens (including phenoxy) is 1. The fourth-order valence-electron chi connectivity index (χ4n) is 1.10. The van der Waals surface area contributed by atoms with E-state index in [9.17, 15) is 4.79 Å². The zero-order valence-corrected chi connectivity index (χ0v) is 8.86. The number of aromatic nitrogens is 1. The van der Waals surface area contributed by atoms with Gasteiger partial charge in [-0.15, -0.1) is 0 Å². The van der Waals surface area contributed by atoms with E-state index < -0.39 is 0 Å². The number of pyridine rings is 1. The molecule has 0 bridgehead atoms. The molecule has 0 atom stereocenters. The highest BCUT2D eigenvalue weighted by atomic mass is 16.5. The Bertz CT molecular complexity index is 425. The number of nitrogens with zero attached hydrogens (tertiary/aromatic N) is 2. The van der Waals surface area contributed by atoms with Crippen molar-refractivity contribution in [2.24, 2.45) is 0 Å². The lowest BCUT2D eigenvalue weighted by Crippen LogP contribution is -2.12. The topological polar surface area (TPSA) is 101 Å². The molecule has 0 saturated heterocycles. The lowest BCUT2D eigenvalue weighted by Gasteiger charge is -2.07. The third kappa shape index (κ3) is 2.85. The van der Waals surface area contributed by atoms with E-state index in [0.29, 0.717) is 17.9 Å². The highest BCUT2D eigenvalue weighted by Gasteiger charge is 2.06. The number of nitrogens with two attached hydrogens (primary N) is 1. The molecule has 16 heavy (non-hydrogen) atoms. The Morgan fingerprint density at radius 1 is 1.75 bits per heavy atom. The number of nitrogen functional groups attached to an aromatic ring is 1. The van der Waals surface area contributed by atoms with Gasteiger partial charge in [0.2, 0.25) is 0 Å². The summed E-state index contributed by atoms with van der Waals surface area (Å²) < 4.78 is 4.48. The normalized spacial score (nSPS) is 9.25. The highest BCUT2D eigenvalue weighted by molar-refractivity contribution is 5.71. The minimum Gasteiger partial charge on any atom is -0.469 e. The minimum absolute atomic E-state index is 0.217. The SMILES string of the molecule is COC(=O)CCNc1nccc(C#N)c1N. The van der Waals surface area contributed by atoms with Gasteiger partial charge in [0.1, 0.15) is 6.07 Å². The molecule has 6 nitrogen and oxygen atoms in total. The van der Waals surface area contributed by atoms with Gasteiger partial charge in [0, 0.05) is 12.7 Å². The summed E-state index contributed by atoms with van der Waals surface area (Å²) in [6, 6.07) is 3.48. The molecule has 0 fully saturated rings. The summed E-state index contributed by atoms with van der Waals surface area (Å²) in [5, 5.41) is 11.6. The van der Waals surface area contributed by atoms with E-state index in [1.807, 2.05) is 6.07 Å². The van der Waals surface area contributed by atoms with E-state index in [-0.39, 0.29) is 18.1 Å². The van der Waals surface area contributed by atoms with Crippen LogP contribution in [0.3, 0.4) is 0 Å². The van der Waals surface area contributed by atoms with E-state index >= 15 is 0 Å². The van der Waals surface area contributed by atoms with Crippen molar-refractivity contribution in [3.05, 3.63) is 17.8 Å². The van der Waals surface area contributed by atoms with Gasteiger partial charge in [-0.3, -0.25) is 4.79 Å². The summed E-state index contributed by atoms with van der Waals surface area (Å²) in [6.07, 6.45) is 1.70. The Hall–Kier alpha value is -2.29. The number of methoxy groups -OCH3 is 1. The third-order valence-corrected chi connectivity index (χ3v) is 1.96. The van der Waals surface area contributed by atoms with Crippen molar-refractivity contribution in [3.8, 4) is 6.07 Å². The lowest BCUT2D eigenvalue weighted by atomic mass is 10.2. The largest absolute Gasteiger partial charge is 0.469 e. The van der Waals surface area contributed by atoms with E-state index in [0.717, 1.165) is 0 Å². The number of hydrogen-bond donors (Lipinski definition) is 2. The first-order valence-electron chi connectivity index (χ1n) is 4.64.